The lowest BCUT2D eigenvalue weighted by atomic mass is 9.80. The fourth-order valence-corrected chi connectivity index (χ4v) is 5.38. The van der Waals surface area contributed by atoms with Crippen molar-refractivity contribution in [1.29, 1.82) is 0 Å². The van der Waals surface area contributed by atoms with Gasteiger partial charge in [-0.05, 0) is 79.4 Å². The van der Waals surface area contributed by atoms with E-state index in [-0.39, 0.29) is 22.7 Å². The molecule has 0 saturated carbocycles. The van der Waals surface area contributed by atoms with Crippen molar-refractivity contribution in [2.45, 2.75) is 45.2 Å². The first-order valence-corrected chi connectivity index (χ1v) is 11.3. The maximum absolute atomic E-state index is 14.1. The molecule has 2 aromatic rings. The highest BCUT2D eigenvalue weighted by Crippen LogP contribution is 2.43. The number of thioether (sulfide) groups is 1. The van der Waals surface area contributed by atoms with Crippen molar-refractivity contribution in [2.75, 3.05) is 11.9 Å². The van der Waals surface area contributed by atoms with Crippen molar-refractivity contribution in [3.05, 3.63) is 68.8 Å². The van der Waals surface area contributed by atoms with Gasteiger partial charge in [-0.1, -0.05) is 30.7 Å². The number of carbonyl (C=O) groups is 2. The van der Waals surface area contributed by atoms with Gasteiger partial charge in [0, 0.05) is 28.9 Å². The van der Waals surface area contributed by atoms with Crippen LogP contribution < -0.4 is 4.90 Å². The van der Waals surface area contributed by atoms with E-state index in [9.17, 15) is 14.0 Å². The van der Waals surface area contributed by atoms with Gasteiger partial charge in [0.2, 0.25) is 0 Å². The van der Waals surface area contributed by atoms with Crippen LogP contribution in [0.15, 0.2) is 41.3 Å². The standard InChI is InChI=1S/C24H24ClFN2O2S/c1-14-12-24(2,3)27(4)20-9-8-15(10-16(14)20)11-21-22(29)28(23(30)31-21)13-17-18(25)6-5-7-19(17)26/h5-11,14H,12-13H2,1-4H3/b21-11+. The number of halogens is 2. The lowest BCUT2D eigenvalue weighted by Gasteiger charge is -2.45. The van der Waals surface area contributed by atoms with Crippen molar-refractivity contribution >= 4 is 46.3 Å². The number of imide groups is 1. The first-order chi connectivity index (χ1) is 14.6. The van der Waals surface area contributed by atoms with Gasteiger partial charge in [-0.2, -0.15) is 0 Å². The molecule has 0 aliphatic carbocycles. The molecule has 2 amide bonds. The number of rotatable bonds is 3. The lowest BCUT2D eigenvalue weighted by molar-refractivity contribution is -0.123. The average Bonchev–Trinajstić information content (AvgIpc) is 2.96. The predicted molar refractivity (Wildman–Crippen MR) is 125 cm³/mol. The van der Waals surface area contributed by atoms with Gasteiger partial charge in [0.05, 0.1) is 11.4 Å². The van der Waals surface area contributed by atoms with Crippen molar-refractivity contribution in [3.63, 3.8) is 0 Å². The maximum Gasteiger partial charge on any atom is 0.293 e. The van der Waals surface area contributed by atoms with Crippen LogP contribution in [0.2, 0.25) is 5.02 Å². The Morgan fingerprint density at radius 2 is 2.00 bits per heavy atom. The third-order valence-corrected chi connectivity index (χ3v) is 7.47. The van der Waals surface area contributed by atoms with E-state index in [4.69, 9.17) is 11.6 Å². The van der Waals surface area contributed by atoms with Gasteiger partial charge < -0.3 is 4.90 Å². The van der Waals surface area contributed by atoms with Crippen molar-refractivity contribution in [1.82, 2.24) is 4.90 Å². The second-order valence-electron chi connectivity index (χ2n) is 8.76. The summed E-state index contributed by atoms with van der Waals surface area (Å²) in [5.74, 6) is -0.586. The van der Waals surface area contributed by atoms with Gasteiger partial charge >= 0.3 is 0 Å². The van der Waals surface area contributed by atoms with Gasteiger partial charge in [0.15, 0.2) is 0 Å². The van der Waals surface area contributed by atoms with E-state index in [0.717, 1.165) is 28.6 Å². The number of hydrogen-bond donors (Lipinski definition) is 0. The fourth-order valence-electron chi connectivity index (χ4n) is 4.31. The number of amides is 2. The first-order valence-electron chi connectivity index (χ1n) is 10.1. The second-order valence-corrected chi connectivity index (χ2v) is 10.2. The van der Waals surface area contributed by atoms with Gasteiger partial charge in [-0.25, -0.2) is 4.39 Å². The topological polar surface area (TPSA) is 40.6 Å². The predicted octanol–water partition coefficient (Wildman–Crippen LogP) is 6.44. The summed E-state index contributed by atoms with van der Waals surface area (Å²) in [5.41, 5.74) is 3.50. The molecular weight excluding hydrogens is 435 g/mol. The summed E-state index contributed by atoms with van der Waals surface area (Å²) in [6.07, 6.45) is 2.76. The van der Waals surface area contributed by atoms with E-state index in [0.29, 0.717) is 10.8 Å². The maximum atomic E-state index is 14.1. The molecule has 0 N–H and O–H groups in total. The van der Waals surface area contributed by atoms with Crippen molar-refractivity contribution in [2.24, 2.45) is 0 Å². The number of carbonyl (C=O) groups excluding carboxylic acids is 2. The van der Waals surface area contributed by atoms with E-state index in [1.165, 1.54) is 23.4 Å². The number of anilines is 1. The quantitative estimate of drug-likeness (QED) is 0.496. The minimum Gasteiger partial charge on any atom is -0.369 e. The van der Waals surface area contributed by atoms with Crippen LogP contribution in [0.5, 0.6) is 0 Å². The second kappa shape index (κ2) is 7.99. The van der Waals surface area contributed by atoms with Crippen LogP contribution in [0.3, 0.4) is 0 Å². The molecule has 2 heterocycles. The molecule has 31 heavy (non-hydrogen) atoms. The molecule has 4 nitrogen and oxygen atoms in total. The Balaban J connectivity index is 1.61. The van der Waals surface area contributed by atoms with E-state index in [2.05, 4.69) is 44.9 Å². The summed E-state index contributed by atoms with van der Waals surface area (Å²) in [6, 6.07) is 10.4. The van der Waals surface area contributed by atoms with Crippen molar-refractivity contribution in [3.8, 4) is 0 Å². The normalized spacial score (nSPS) is 21.7. The Bertz CT molecular complexity index is 1090. The van der Waals surface area contributed by atoms with Gasteiger partial charge in [-0.15, -0.1) is 0 Å². The highest BCUT2D eigenvalue weighted by molar-refractivity contribution is 8.18. The van der Waals surface area contributed by atoms with E-state index < -0.39 is 17.0 Å². The van der Waals surface area contributed by atoms with Gasteiger partial charge in [0.1, 0.15) is 5.82 Å². The minimum atomic E-state index is -0.536. The first kappa shape index (κ1) is 21.9. The van der Waals surface area contributed by atoms with Crippen LogP contribution in [0.4, 0.5) is 14.9 Å². The van der Waals surface area contributed by atoms with Gasteiger partial charge in [0.25, 0.3) is 11.1 Å². The molecule has 1 atom stereocenters. The SMILES string of the molecule is CC1CC(C)(C)N(C)c2ccc(/C=C3/SC(=O)N(Cc4c(F)cccc4Cl)C3=O)cc21. The zero-order valence-electron chi connectivity index (χ0n) is 17.9. The number of benzene rings is 2. The number of fused-ring (bicyclic) bond motifs is 1. The summed E-state index contributed by atoms with van der Waals surface area (Å²) >= 11 is 6.94. The molecule has 2 aromatic carbocycles. The molecule has 1 saturated heterocycles. The largest absolute Gasteiger partial charge is 0.369 e. The Kier molecular flexibility index (Phi) is 5.64. The Morgan fingerprint density at radius 1 is 1.26 bits per heavy atom. The average molecular weight is 459 g/mol. The zero-order chi connectivity index (χ0) is 22.5. The summed E-state index contributed by atoms with van der Waals surface area (Å²) in [7, 11) is 2.10. The molecule has 2 aliphatic rings. The summed E-state index contributed by atoms with van der Waals surface area (Å²) in [4.78, 5) is 29.0. The van der Waals surface area contributed by atoms with E-state index in [1.807, 2.05) is 6.07 Å². The van der Waals surface area contributed by atoms with Gasteiger partial charge in [-0.3, -0.25) is 14.5 Å². The Morgan fingerprint density at radius 3 is 2.71 bits per heavy atom. The summed E-state index contributed by atoms with van der Waals surface area (Å²) < 4.78 is 14.1. The third kappa shape index (κ3) is 3.99. The molecule has 0 radical (unpaired) electrons. The Hall–Kier alpha value is -2.31. The molecular formula is C24H24ClFN2O2S. The Labute approximate surface area is 191 Å². The molecule has 7 heteroatoms. The molecule has 1 unspecified atom stereocenters. The number of nitrogens with zero attached hydrogens (tertiary/aromatic N) is 2. The lowest BCUT2D eigenvalue weighted by Crippen LogP contribution is -2.45. The number of hydrogen-bond acceptors (Lipinski definition) is 4. The molecule has 4 rings (SSSR count). The van der Waals surface area contributed by atoms with Crippen LogP contribution in [-0.2, 0) is 11.3 Å². The van der Waals surface area contributed by atoms with E-state index >= 15 is 0 Å². The molecule has 1 fully saturated rings. The van der Waals surface area contributed by atoms with Crippen LogP contribution >= 0.6 is 23.4 Å². The fraction of sp³-hybridized carbons (Fsp3) is 0.333. The summed E-state index contributed by atoms with van der Waals surface area (Å²) in [6.45, 7) is 6.49. The smallest absolute Gasteiger partial charge is 0.293 e. The van der Waals surface area contributed by atoms with Crippen LogP contribution in [0.25, 0.3) is 6.08 Å². The highest BCUT2D eigenvalue weighted by atomic mass is 35.5. The zero-order valence-corrected chi connectivity index (χ0v) is 19.5. The van der Waals surface area contributed by atoms with Crippen LogP contribution in [0, 0.1) is 5.82 Å². The van der Waals surface area contributed by atoms with Crippen LogP contribution in [-0.4, -0.2) is 28.6 Å². The molecule has 2 aliphatic heterocycles. The summed E-state index contributed by atoms with van der Waals surface area (Å²) in [5, 5.41) is -0.234. The monoisotopic (exact) mass is 458 g/mol. The third-order valence-electron chi connectivity index (χ3n) is 6.21. The minimum absolute atomic E-state index is 0.0740. The molecule has 0 aromatic heterocycles. The molecule has 0 spiro atoms. The van der Waals surface area contributed by atoms with Crippen LogP contribution in [0.1, 0.15) is 49.8 Å². The molecule has 162 valence electrons. The van der Waals surface area contributed by atoms with E-state index in [1.54, 1.807) is 12.1 Å². The van der Waals surface area contributed by atoms with Crippen molar-refractivity contribution < 1.29 is 14.0 Å². The molecule has 0 bridgehead atoms. The highest BCUT2D eigenvalue weighted by Gasteiger charge is 2.37.